The lowest BCUT2D eigenvalue weighted by Crippen LogP contribution is -2.52. The minimum atomic E-state index is -2.52. The number of nitrogens with one attached hydrogen (secondary N) is 2. The van der Waals surface area contributed by atoms with E-state index in [1.807, 2.05) is 43.3 Å². The molecule has 41 heavy (non-hydrogen) atoms. The van der Waals surface area contributed by atoms with Gasteiger partial charge in [0.15, 0.2) is 5.82 Å². The fraction of sp³-hybridized carbons (Fsp3) is 0.483. The van der Waals surface area contributed by atoms with Crippen LogP contribution in [-0.2, 0) is 4.57 Å². The number of nitrogens with zero attached hydrogens (tertiary/aromatic N) is 6. The molecule has 12 heteroatoms. The average Bonchev–Trinajstić information content (AvgIpc) is 2.96. The van der Waals surface area contributed by atoms with Crippen molar-refractivity contribution in [2.45, 2.75) is 25.8 Å². The molecule has 10 nitrogen and oxygen atoms in total. The molecular formula is C29H40ClN8O2P. The molecule has 0 atom stereocenters. The van der Waals surface area contributed by atoms with Crippen molar-refractivity contribution in [1.29, 1.82) is 0 Å². The highest BCUT2D eigenvalue weighted by atomic mass is 35.5. The second-order valence-electron chi connectivity index (χ2n) is 11.0. The van der Waals surface area contributed by atoms with Crippen LogP contribution >= 0.6 is 18.7 Å². The largest absolute Gasteiger partial charge is 0.476 e. The average molecular weight is 599 g/mol. The zero-order chi connectivity index (χ0) is 29.0. The van der Waals surface area contributed by atoms with Gasteiger partial charge in [0, 0.05) is 50.6 Å². The number of ether oxygens (including phenoxy) is 1. The van der Waals surface area contributed by atoms with E-state index < -0.39 is 7.14 Å². The minimum absolute atomic E-state index is 0.342. The zero-order valence-electron chi connectivity index (χ0n) is 24.3. The van der Waals surface area contributed by atoms with Crippen LogP contribution in [-0.4, -0.2) is 97.0 Å². The Bertz CT molecular complexity index is 1390. The van der Waals surface area contributed by atoms with Crippen molar-refractivity contribution < 1.29 is 9.30 Å². The maximum atomic E-state index is 12.8. The van der Waals surface area contributed by atoms with Gasteiger partial charge in [-0.25, -0.2) is 4.98 Å². The van der Waals surface area contributed by atoms with Crippen molar-refractivity contribution in [3.63, 3.8) is 0 Å². The Balaban J connectivity index is 1.29. The Morgan fingerprint density at radius 2 is 1.71 bits per heavy atom. The molecule has 0 saturated carbocycles. The highest BCUT2D eigenvalue weighted by molar-refractivity contribution is 7.70. The fourth-order valence-electron chi connectivity index (χ4n) is 5.41. The highest BCUT2D eigenvalue weighted by Gasteiger charge is 2.27. The fourth-order valence-corrected chi connectivity index (χ4v) is 6.70. The monoisotopic (exact) mass is 598 g/mol. The molecule has 0 radical (unpaired) electrons. The van der Waals surface area contributed by atoms with E-state index in [2.05, 4.69) is 42.3 Å². The van der Waals surface area contributed by atoms with E-state index in [0.29, 0.717) is 46.7 Å². The number of anilines is 5. The summed E-state index contributed by atoms with van der Waals surface area (Å²) in [5.74, 6) is 2.17. The molecule has 0 bridgehead atoms. The molecule has 4 heterocycles. The molecule has 1 aromatic carbocycles. The van der Waals surface area contributed by atoms with Crippen LogP contribution in [0.15, 0.2) is 42.6 Å². The van der Waals surface area contributed by atoms with E-state index in [1.54, 1.807) is 13.3 Å². The van der Waals surface area contributed by atoms with Gasteiger partial charge in [0.25, 0.3) is 0 Å². The highest BCUT2D eigenvalue weighted by Crippen LogP contribution is 2.39. The summed E-state index contributed by atoms with van der Waals surface area (Å²) in [4.78, 5) is 21.2. The first kappa shape index (κ1) is 29.6. The molecule has 2 aliphatic heterocycles. The lowest BCUT2D eigenvalue weighted by atomic mass is 10.0. The predicted molar refractivity (Wildman–Crippen MR) is 169 cm³/mol. The van der Waals surface area contributed by atoms with Crippen molar-refractivity contribution in [1.82, 2.24) is 24.8 Å². The maximum absolute atomic E-state index is 12.8. The number of hydrogen-bond acceptors (Lipinski definition) is 10. The van der Waals surface area contributed by atoms with Crippen molar-refractivity contribution >= 4 is 53.0 Å². The summed E-state index contributed by atoms with van der Waals surface area (Å²) in [5, 5.41) is 7.57. The Hall–Kier alpha value is -2.91. The van der Waals surface area contributed by atoms with Crippen molar-refractivity contribution in [2.75, 3.05) is 81.8 Å². The van der Waals surface area contributed by atoms with Crippen LogP contribution in [0.1, 0.15) is 19.8 Å². The van der Waals surface area contributed by atoms with E-state index >= 15 is 0 Å². The molecule has 2 fully saturated rings. The van der Waals surface area contributed by atoms with Gasteiger partial charge in [0.05, 0.1) is 18.5 Å². The van der Waals surface area contributed by atoms with E-state index in [1.165, 1.54) is 6.20 Å². The maximum Gasteiger partial charge on any atom is 0.239 e. The van der Waals surface area contributed by atoms with Crippen LogP contribution < -0.4 is 25.6 Å². The number of aromatic nitrogens is 3. The van der Waals surface area contributed by atoms with Gasteiger partial charge >= 0.3 is 0 Å². The van der Waals surface area contributed by atoms with Gasteiger partial charge in [-0.05, 0) is 64.4 Å². The Kier molecular flexibility index (Phi) is 9.34. The number of likely N-dealkylation sites (N-methyl/N-ethyl adjacent to an activating group) is 1. The molecule has 2 aliphatic rings. The Morgan fingerprint density at radius 3 is 2.41 bits per heavy atom. The van der Waals surface area contributed by atoms with Crippen molar-refractivity contribution in [3.8, 4) is 5.88 Å². The molecule has 2 N–H and O–H groups in total. The first-order valence-corrected chi connectivity index (χ1v) is 17.2. The second-order valence-corrected chi connectivity index (χ2v) is 14.6. The van der Waals surface area contributed by atoms with Crippen LogP contribution in [0, 0.1) is 0 Å². The standard InChI is InChI=1S/C29H40ClN8O2P/c1-5-40-28-24(10-11-26(34-28)38-14-12-21(13-15-38)37-18-16-36(2)17-19-37)33-29-31-20-22(30)27(35-29)32-23-8-6-7-9-25(23)41(3,4)39/h6-11,20-21H,5,12-19H2,1-4H3,(H2,31,32,33,35). The minimum Gasteiger partial charge on any atom is -0.476 e. The Morgan fingerprint density at radius 1 is 0.976 bits per heavy atom. The third-order valence-electron chi connectivity index (χ3n) is 7.70. The molecule has 0 spiro atoms. The number of piperidine rings is 1. The summed E-state index contributed by atoms with van der Waals surface area (Å²) in [6, 6.07) is 12.1. The first-order valence-electron chi connectivity index (χ1n) is 14.2. The summed E-state index contributed by atoms with van der Waals surface area (Å²) in [6.45, 7) is 12.5. The summed E-state index contributed by atoms with van der Waals surface area (Å²) >= 11 is 6.44. The van der Waals surface area contributed by atoms with Crippen LogP contribution in [0.25, 0.3) is 0 Å². The second kappa shape index (κ2) is 12.9. The Labute approximate surface area is 247 Å². The van der Waals surface area contributed by atoms with E-state index in [0.717, 1.165) is 63.2 Å². The van der Waals surface area contributed by atoms with Crippen LogP contribution in [0.4, 0.5) is 29.0 Å². The smallest absolute Gasteiger partial charge is 0.239 e. The number of rotatable bonds is 9. The summed E-state index contributed by atoms with van der Waals surface area (Å²) in [5.41, 5.74) is 1.37. The molecular weight excluding hydrogens is 559 g/mol. The number of hydrogen-bond donors (Lipinski definition) is 2. The molecule has 2 saturated heterocycles. The summed E-state index contributed by atoms with van der Waals surface area (Å²) < 4.78 is 18.7. The SMILES string of the molecule is CCOc1nc(N2CCC(N3CCN(C)CC3)CC2)ccc1Nc1ncc(Cl)c(Nc2ccccc2P(C)(C)=O)n1. The van der Waals surface area contributed by atoms with Gasteiger partial charge < -0.3 is 29.7 Å². The lowest BCUT2D eigenvalue weighted by Gasteiger charge is -2.42. The van der Waals surface area contributed by atoms with Gasteiger partial charge in [0.1, 0.15) is 23.7 Å². The molecule has 2 aromatic heterocycles. The number of benzene rings is 1. The molecule has 5 rings (SSSR count). The van der Waals surface area contributed by atoms with E-state index in [4.69, 9.17) is 21.3 Å². The van der Waals surface area contributed by atoms with Crippen LogP contribution in [0.2, 0.25) is 5.02 Å². The molecule has 3 aromatic rings. The van der Waals surface area contributed by atoms with Crippen molar-refractivity contribution in [2.24, 2.45) is 0 Å². The van der Waals surface area contributed by atoms with E-state index in [9.17, 15) is 4.57 Å². The predicted octanol–water partition coefficient (Wildman–Crippen LogP) is 4.88. The number of pyridine rings is 1. The summed E-state index contributed by atoms with van der Waals surface area (Å²) in [7, 11) is -0.315. The van der Waals surface area contributed by atoms with Gasteiger partial charge in [0.2, 0.25) is 11.8 Å². The quantitative estimate of drug-likeness (QED) is 0.332. The number of para-hydroxylation sites is 1. The molecule has 220 valence electrons. The number of piperazine rings is 1. The van der Waals surface area contributed by atoms with Gasteiger partial charge in [-0.15, -0.1) is 0 Å². The van der Waals surface area contributed by atoms with Gasteiger partial charge in [-0.1, -0.05) is 23.7 Å². The normalized spacial score (nSPS) is 17.4. The van der Waals surface area contributed by atoms with Crippen LogP contribution in [0.5, 0.6) is 5.88 Å². The zero-order valence-corrected chi connectivity index (χ0v) is 26.0. The lowest BCUT2D eigenvalue weighted by molar-refractivity contribution is 0.0981. The third kappa shape index (κ3) is 7.30. The third-order valence-corrected chi connectivity index (χ3v) is 9.52. The first-order chi connectivity index (χ1) is 19.7. The van der Waals surface area contributed by atoms with Gasteiger partial charge in [-0.2, -0.15) is 9.97 Å². The van der Waals surface area contributed by atoms with Crippen LogP contribution in [0.3, 0.4) is 0 Å². The topological polar surface area (TPSA) is 98.8 Å². The van der Waals surface area contributed by atoms with Crippen molar-refractivity contribution in [3.05, 3.63) is 47.6 Å². The molecule has 0 aliphatic carbocycles. The molecule has 0 amide bonds. The molecule has 0 unspecified atom stereocenters. The summed E-state index contributed by atoms with van der Waals surface area (Å²) in [6.07, 6.45) is 3.81. The van der Waals surface area contributed by atoms with E-state index in [-0.39, 0.29) is 0 Å². The number of halogens is 1. The van der Waals surface area contributed by atoms with Gasteiger partial charge in [-0.3, -0.25) is 4.90 Å².